The number of nitrogens with zero attached hydrogens (tertiary/aromatic N) is 3. The number of anilines is 1. The van der Waals surface area contributed by atoms with Crippen molar-refractivity contribution in [3.63, 3.8) is 0 Å². The van der Waals surface area contributed by atoms with E-state index in [1.165, 1.54) is 16.8 Å². The van der Waals surface area contributed by atoms with E-state index >= 15 is 0 Å². The van der Waals surface area contributed by atoms with Crippen LogP contribution in [0.1, 0.15) is 16.4 Å². The van der Waals surface area contributed by atoms with Crippen LogP contribution in [0.3, 0.4) is 0 Å². The third kappa shape index (κ3) is 3.46. The third-order valence-corrected chi connectivity index (χ3v) is 4.10. The van der Waals surface area contributed by atoms with Gasteiger partial charge < -0.3 is 5.32 Å². The Hall–Kier alpha value is -2.67. The number of carbonyl (C=O) groups excluding carboxylic acids is 1. The Balaban J connectivity index is 1.83. The van der Waals surface area contributed by atoms with E-state index in [0.717, 1.165) is 4.90 Å². The smallest absolute Gasteiger partial charge is 0.295 e. The number of aryl methyl sites for hydroxylation is 1. The molecule has 0 atom stereocenters. The molecule has 0 radical (unpaired) electrons. The van der Waals surface area contributed by atoms with Crippen LogP contribution in [0.4, 0.5) is 10.1 Å². The van der Waals surface area contributed by atoms with E-state index in [0.29, 0.717) is 17.2 Å². The summed E-state index contributed by atoms with van der Waals surface area (Å²) >= 11 is 1.59. The van der Waals surface area contributed by atoms with Crippen LogP contribution in [0, 0.1) is 12.7 Å². The molecule has 24 heavy (non-hydrogen) atoms. The Morgan fingerprint density at radius 3 is 2.67 bits per heavy atom. The monoisotopic (exact) mass is 342 g/mol. The largest absolute Gasteiger partial charge is 0.319 e. The van der Waals surface area contributed by atoms with Gasteiger partial charge in [-0.1, -0.05) is 6.07 Å². The highest BCUT2D eigenvalue weighted by Crippen LogP contribution is 2.19. The van der Waals surface area contributed by atoms with Crippen LogP contribution in [-0.4, -0.2) is 26.9 Å². The van der Waals surface area contributed by atoms with Crippen LogP contribution in [0.2, 0.25) is 0 Å². The second-order valence-electron chi connectivity index (χ2n) is 5.06. The van der Waals surface area contributed by atoms with Gasteiger partial charge in [0.25, 0.3) is 5.91 Å². The molecule has 0 fully saturated rings. The van der Waals surface area contributed by atoms with Gasteiger partial charge in [0, 0.05) is 10.6 Å². The SMILES string of the molecule is CSc1cccc(NC(=O)c2nc(C)n(-c3ccc(F)cc3)n2)c1. The fraction of sp³-hybridized carbons (Fsp3) is 0.118. The molecule has 1 amide bonds. The molecule has 122 valence electrons. The highest BCUT2D eigenvalue weighted by Gasteiger charge is 2.15. The van der Waals surface area contributed by atoms with Gasteiger partial charge in [-0.2, -0.15) is 0 Å². The molecule has 2 aromatic carbocycles. The number of nitrogens with one attached hydrogen (secondary N) is 1. The Morgan fingerprint density at radius 1 is 1.21 bits per heavy atom. The summed E-state index contributed by atoms with van der Waals surface area (Å²) < 4.78 is 14.5. The minimum absolute atomic E-state index is 0.0615. The fourth-order valence-electron chi connectivity index (χ4n) is 2.20. The first-order valence-electron chi connectivity index (χ1n) is 7.22. The van der Waals surface area contributed by atoms with E-state index in [4.69, 9.17) is 0 Å². The zero-order valence-corrected chi connectivity index (χ0v) is 14.0. The summed E-state index contributed by atoms with van der Waals surface area (Å²) in [6, 6.07) is 13.4. The van der Waals surface area contributed by atoms with Crippen LogP contribution < -0.4 is 5.32 Å². The molecule has 0 saturated heterocycles. The number of halogens is 1. The van der Waals surface area contributed by atoms with E-state index in [2.05, 4.69) is 15.4 Å². The van der Waals surface area contributed by atoms with Crippen molar-refractivity contribution < 1.29 is 9.18 Å². The second-order valence-corrected chi connectivity index (χ2v) is 5.94. The average Bonchev–Trinajstić information content (AvgIpc) is 2.98. The van der Waals surface area contributed by atoms with Gasteiger partial charge in [-0.3, -0.25) is 4.79 Å². The molecule has 0 aliphatic rings. The number of aromatic nitrogens is 3. The first kappa shape index (κ1) is 16.2. The number of hydrogen-bond donors (Lipinski definition) is 1. The predicted octanol–water partition coefficient (Wildman–Crippen LogP) is 3.69. The summed E-state index contributed by atoms with van der Waals surface area (Å²) in [7, 11) is 0. The van der Waals surface area contributed by atoms with E-state index in [1.807, 2.05) is 24.5 Å². The quantitative estimate of drug-likeness (QED) is 0.735. The number of amides is 1. The molecular weight excluding hydrogens is 327 g/mol. The first-order chi connectivity index (χ1) is 11.6. The molecule has 3 rings (SSSR count). The average molecular weight is 342 g/mol. The van der Waals surface area contributed by atoms with Gasteiger partial charge in [0.2, 0.25) is 5.82 Å². The van der Waals surface area contributed by atoms with Crippen LogP contribution >= 0.6 is 11.8 Å². The minimum atomic E-state index is -0.391. The molecule has 0 aliphatic carbocycles. The van der Waals surface area contributed by atoms with Crippen LogP contribution in [0.25, 0.3) is 5.69 Å². The number of rotatable bonds is 4. The summed E-state index contributed by atoms with van der Waals surface area (Å²) in [5.74, 6) is -0.114. The summed E-state index contributed by atoms with van der Waals surface area (Å²) in [5, 5.41) is 7.00. The fourth-order valence-corrected chi connectivity index (χ4v) is 2.66. The molecule has 7 heteroatoms. The Morgan fingerprint density at radius 2 is 1.96 bits per heavy atom. The summed E-state index contributed by atoms with van der Waals surface area (Å²) in [4.78, 5) is 17.6. The number of thioether (sulfide) groups is 1. The molecule has 5 nitrogen and oxygen atoms in total. The normalized spacial score (nSPS) is 10.6. The molecule has 1 heterocycles. The molecule has 0 spiro atoms. The first-order valence-corrected chi connectivity index (χ1v) is 8.44. The zero-order chi connectivity index (χ0) is 17.1. The lowest BCUT2D eigenvalue weighted by Gasteiger charge is -2.04. The number of carbonyl (C=O) groups is 1. The van der Waals surface area contributed by atoms with Crippen molar-refractivity contribution in [3.05, 3.63) is 66.0 Å². The van der Waals surface area contributed by atoms with Crippen LogP contribution in [0.5, 0.6) is 0 Å². The van der Waals surface area contributed by atoms with Crippen molar-refractivity contribution >= 4 is 23.4 Å². The standard InChI is InChI=1S/C17H15FN4OS/c1-11-19-16(21-22(11)14-8-6-12(18)7-9-14)17(23)20-13-4-3-5-15(10-13)24-2/h3-10H,1-2H3,(H,20,23). The number of hydrogen-bond acceptors (Lipinski definition) is 4. The third-order valence-electron chi connectivity index (χ3n) is 3.37. The van der Waals surface area contributed by atoms with Gasteiger partial charge in [0.1, 0.15) is 11.6 Å². The summed E-state index contributed by atoms with van der Waals surface area (Å²) in [6.45, 7) is 1.74. The van der Waals surface area contributed by atoms with Gasteiger partial charge in [-0.25, -0.2) is 14.1 Å². The van der Waals surface area contributed by atoms with Gasteiger partial charge in [0.15, 0.2) is 0 Å². The van der Waals surface area contributed by atoms with Crippen molar-refractivity contribution in [2.24, 2.45) is 0 Å². The minimum Gasteiger partial charge on any atom is -0.319 e. The van der Waals surface area contributed by atoms with Gasteiger partial charge >= 0.3 is 0 Å². The molecule has 0 unspecified atom stereocenters. The molecule has 1 aromatic heterocycles. The van der Waals surface area contributed by atoms with Crippen molar-refractivity contribution in [1.29, 1.82) is 0 Å². The lowest BCUT2D eigenvalue weighted by atomic mass is 10.3. The van der Waals surface area contributed by atoms with Crippen LogP contribution in [-0.2, 0) is 0 Å². The molecular formula is C17H15FN4OS. The van der Waals surface area contributed by atoms with E-state index in [1.54, 1.807) is 36.9 Å². The van der Waals surface area contributed by atoms with E-state index in [-0.39, 0.29) is 11.6 Å². The maximum absolute atomic E-state index is 13.0. The van der Waals surface area contributed by atoms with Crippen LogP contribution in [0.15, 0.2) is 53.4 Å². The molecule has 0 aliphatic heterocycles. The summed E-state index contributed by atoms with van der Waals surface area (Å²) in [5.41, 5.74) is 1.33. The highest BCUT2D eigenvalue weighted by atomic mass is 32.2. The van der Waals surface area contributed by atoms with E-state index < -0.39 is 5.91 Å². The summed E-state index contributed by atoms with van der Waals surface area (Å²) in [6.07, 6.45) is 1.97. The van der Waals surface area contributed by atoms with Gasteiger partial charge in [0.05, 0.1) is 5.69 Å². The molecule has 3 aromatic rings. The molecule has 0 saturated carbocycles. The zero-order valence-electron chi connectivity index (χ0n) is 13.2. The van der Waals surface area contributed by atoms with Gasteiger partial charge in [-0.05, 0) is 55.6 Å². The van der Waals surface area contributed by atoms with Crippen molar-refractivity contribution in [2.45, 2.75) is 11.8 Å². The molecule has 0 bridgehead atoms. The maximum Gasteiger partial charge on any atom is 0.295 e. The van der Waals surface area contributed by atoms with Crippen molar-refractivity contribution in [1.82, 2.24) is 14.8 Å². The van der Waals surface area contributed by atoms with Gasteiger partial charge in [-0.15, -0.1) is 16.9 Å². The Labute approximate surface area is 142 Å². The Bertz CT molecular complexity index is 877. The Kier molecular flexibility index (Phi) is 4.61. The van der Waals surface area contributed by atoms with Crippen molar-refractivity contribution in [3.8, 4) is 5.69 Å². The van der Waals surface area contributed by atoms with E-state index in [9.17, 15) is 9.18 Å². The molecule has 1 N–H and O–H groups in total. The maximum atomic E-state index is 13.0. The predicted molar refractivity (Wildman–Crippen MR) is 92.2 cm³/mol. The number of benzene rings is 2. The highest BCUT2D eigenvalue weighted by molar-refractivity contribution is 7.98. The lowest BCUT2D eigenvalue weighted by molar-refractivity contribution is 0.101. The second kappa shape index (κ2) is 6.84. The lowest BCUT2D eigenvalue weighted by Crippen LogP contribution is -2.14. The topological polar surface area (TPSA) is 59.8 Å². The van der Waals surface area contributed by atoms with Crippen molar-refractivity contribution in [2.75, 3.05) is 11.6 Å².